The van der Waals surface area contributed by atoms with E-state index >= 15 is 0 Å². The number of hydrogen-bond donors (Lipinski definition) is 3. The van der Waals surface area contributed by atoms with Crippen molar-refractivity contribution in [1.82, 2.24) is 5.32 Å². The largest absolute Gasteiger partial charge is 0.508 e. The van der Waals surface area contributed by atoms with E-state index < -0.39 is 5.60 Å². The summed E-state index contributed by atoms with van der Waals surface area (Å²) in [6, 6.07) is 4.56. The highest BCUT2D eigenvalue weighted by atomic mass is 35.5. The maximum absolute atomic E-state index is 12.0. The molecule has 122 valence electrons. The van der Waals surface area contributed by atoms with Gasteiger partial charge in [0, 0.05) is 11.6 Å². The molecule has 4 nitrogen and oxygen atoms in total. The lowest BCUT2D eigenvalue weighted by atomic mass is 9.78. The van der Waals surface area contributed by atoms with E-state index in [-0.39, 0.29) is 30.5 Å². The minimum absolute atomic E-state index is 0.0781. The van der Waals surface area contributed by atoms with Crippen molar-refractivity contribution in [2.24, 2.45) is 5.92 Å². The molecule has 1 aromatic carbocycles. The molecular weight excluding hydrogens is 302 g/mol. The van der Waals surface area contributed by atoms with Gasteiger partial charge in [-0.2, -0.15) is 0 Å². The van der Waals surface area contributed by atoms with Gasteiger partial charge in [0.05, 0.1) is 12.0 Å². The van der Waals surface area contributed by atoms with Crippen molar-refractivity contribution >= 4 is 17.5 Å². The van der Waals surface area contributed by atoms with Crippen LogP contribution in [0.3, 0.4) is 0 Å². The van der Waals surface area contributed by atoms with Gasteiger partial charge >= 0.3 is 0 Å². The molecule has 0 aliphatic heterocycles. The summed E-state index contributed by atoms with van der Waals surface area (Å²) in [5, 5.41) is 23.0. The van der Waals surface area contributed by atoms with Crippen LogP contribution in [0.2, 0.25) is 5.02 Å². The summed E-state index contributed by atoms with van der Waals surface area (Å²) in [5.74, 6) is 0.150. The number of rotatable bonds is 5. The second-order valence-corrected chi connectivity index (χ2v) is 6.83. The number of phenols is 1. The molecule has 5 heteroatoms. The second-order valence-electron chi connectivity index (χ2n) is 6.42. The van der Waals surface area contributed by atoms with Crippen LogP contribution in [0, 0.1) is 5.92 Å². The topological polar surface area (TPSA) is 69.6 Å². The van der Waals surface area contributed by atoms with E-state index in [4.69, 9.17) is 11.6 Å². The Bertz CT molecular complexity index is 525. The number of halogens is 1. The van der Waals surface area contributed by atoms with Gasteiger partial charge in [-0.3, -0.25) is 4.79 Å². The number of nitrogens with one attached hydrogen (secondary N) is 1. The van der Waals surface area contributed by atoms with Gasteiger partial charge < -0.3 is 15.5 Å². The average molecular weight is 326 g/mol. The number of hydrogen-bond acceptors (Lipinski definition) is 3. The van der Waals surface area contributed by atoms with Crippen molar-refractivity contribution in [1.29, 1.82) is 0 Å². The van der Waals surface area contributed by atoms with Crippen molar-refractivity contribution in [3.05, 3.63) is 28.8 Å². The fourth-order valence-electron chi connectivity index (χ4n) is 3.06. The summed E-state index contributed by atoms with van der Waals surface area (Å²) < 4.78 is 0. The summed E-state index contributed by atoms with van der Waals surface area (Å²) in [4.78, 5) is 12.0. The van der Waals surface area contributed by atoms with E-state index in [2.05, 4.69) is 5.32 Å². The Balaban J connectivity index is 1.86. The first-order chi connectivity index (χ1) is 10.4. The van der Waals surface area contributed by atoms with Gasteiger partial charge in [0.2, 0.25) is 5.91 Å². The minimum atomic E-state index is -0.866. The Morgan fingerprint density at radius 3 is 2.68 bits per heavy atom. The van der Waals surface area contributed by atoms with E-state index in [0.717, 1.165) is 25.7 Å². The van der Waals surface area contributed by atoms with Crippen LogP contribution < -0.4 is 5.32 Å². The van der Waals surface area contributed by atoms with Crippen LogP contribution in [0.25, 0.3) is 0 Å². The van der Waals surface area contributed by atoms with Crippen molar-refractivity contribution in [2.75, 3.05) is 6.54 Å². The molecule has 0 saturated heterocycles. The summed E-state index contributed by atoms with van der Waals surface area (Å²) in [7, 11) is 0. The van der Waals surface area contributed by atoms with Gasteiger partial charge in [-0.1, -0.05) is 36.9 Å². The van der Waals surface area contributed by atoms with Crippen molar-refractivity contribution < 1.29 is 15.0 Å². The molecule has 0 aromatic heterocycles. The molecule has 0 radical (unpaired) electrons. The first-order valence-electron chi connectivity index (χ1n) is 7.85. The third kappa shape index (κ3) is 4.62. The lowest BCUT2D eigenvalue weighted by Gasteiger charge is -2.35. The molecule has 0 heterocycles. The lowest BCUT2D eigenvalue weighted by molar-refractivity contribution is -0.122. The van der Waals surface area contributed by atoms with Crippen LogP contribution in [-0.4, -0.2) is 28.3 Å². The smallest absolute Gasteiger partial charge is 0.224 e. The highest BCUT2D eigenvalue weighted by Crippen LogP contribution is 2.32. The van der Waals surface area contributed by atoms with Crippen LogP contribution in [0.4, 0.5) is 0 Å². The second kappa shape index (κ2) is 7.34. The predicted molar refractivity (Wildman–Crippen MR) is 87.0 cm³/mol. The van der Waals surface area contributed by atoms with E-state index in [9.17, 15) is 15.0 Å². The number of benzene rings is 1. The van der Waals surface area contributed by atoms with Gasteiger partial charge in [-0.05, 0) is 43.4 Å². The zero-order valence-electron chi connectivity index (χ0n) is 12.9. The quantitative estimate of drug-likeness (QED) is 0.779. The van der Waals surface area contributed by atoms with Crippen LogP contribution in [-0.2, 0) is 11.2 Å². The van der Waals surface area contributed by atoms with Crippen molar-refractivity contribution in [3.63, 3.8) is 0 Å². The summed E-state index contributed by atoms with van der Waals surface area (Å²) in [6.45, 7) is 2.06. The summed E-state index contributed by atoms with van der Waals surface area (Å²) in [5.41, 5.74) is -0.205. The number of carbonyl (C=O) groups is 1. The zero-order chi connectivity index (χ0) is 16.2. The van der Waals surface area contributed by atoms with Crippen LogP contribution in [0.15, 0.2) is 18.2 Å². The van der Waals surface area contributed by atoms with Gasteiger partial charge in [0.1, 0.15) is 5.75 Å². The molecule has 2 rings (SSSR count). The van der Waals surface area contributed by atoms with Gasteiger partial charge in [-0.15, -0.1) is 0 Å². The monoisotopic (exact) mass is 325 g/mol. The van der Waals surface area contributed by atoms with E-state index in [0.29, 0.717) is 10.6 Å². The molecule has 1 aliphatic carbocycles. The first-order valence-corrected chi connectivity index (χ1v) is 8.23. The Kier molecular flexibility index (Phi) is 5.70. The molecule has 1 saturated carbocycles. The minimum Gasteiger partial charge on any atom is -0.508 e. The highest BCUT2D eigenvalue weighted by molar-refractivity contribution is 6.31. The Morgan fingerprint density at radius 2 is 2.05 bits per heavy atom. The third-order valence-electron chi connectivity index (χ3n) is 4.52. The SMILES string of the molecule is C[C@@](O)(CNC(=O)Cc1ccc(O)cc1Cl)C1CCCCC1. The Labute approximate surface area is 136 Å². The van der Waals surface area contributed by atoms with Crippen molar-refractivity contribution in [2.45, 2.75) is 51.0 Å². The van der Waals surface area contributed by atoms with Gasteiger partial charge in [-0.25, -0.2) is 0 Å². The molecule has 3 N–H and O–H groups in total. The molecule has 22 heavy (non-hydrogen) atoms. The number of aromatic hydroxyl groups is 1. The standard InChI is InChI=1S/C17H24ClNO3/c1-17(22,13-5-3-2-4-6-13)11-19-16(21)9-12-7-8-14(20)10-15(12)18/h7-8,10,13,20,22H,2-6,9,11H2,1H3,(H,19,21)/t17-/m1/s1. The lowest BCUT2D eigenvalue weighted by Crippen LogP contribution is -2.47. The fraction of sp³-hybridized carbons (Fsp3) is 0.588. The highest BCUT2D eigenvalue weighted by Gasteiger charge is 2.32. The maximum atomic E-state index is 12.0. The number of aliphatic hydroxyl groups is 1. The predicted octanol–water partition coefficient (Wildman–Crippen LogP) is 3.04. The number of phenolic OH excluding ortho intramolecular Hbond substituents is 1. The van der Waals surface area contributed by atoms with Crippen LogP contribution >= 0.6 is 11.6 Å². The zero-order valence-corrected chi connectivity index (χ0v) is 13.7. The Hall–Kier alpha value is -1.26. The number of carbonyl (C=O) groups excluding carboxylic acids is 1. The van der Waals surface area contributed by atoms with Gasteiger partial charge in [0.25, 0.3) is 0 Å². The summed E-state index contributed by atoms with van der Waals surface area (Å²) >= 11 is 6.00. The normalized spacial score (nSPS) is 18.7. The average Bonchev–Trinajstić information content (AvgIpc) is 2.49. The first kappa shape index (κ1) is 17.1. The molecule has 1 aliphatic rings. The van der Waals surface area contributed by atoms with E-state index in [1.54, 1.807) is 13.0 Å². The number of amides is 1. The van der Waals surface area contributed by atoms with Crippen molar-refractivity contribution in [3.8, 4) is 5.75 Å². The van der Waals surface area contributed by atoms with E-state index in [1.807, 2.05) is 0 Å². The Morgan fingerprint density at radius 1 is 1.36 bits per heavy atom. The molecule has 0 bridgehead atoms. The molecule has 1 fully saturated rings. The molecule has 0 unspecified atom stereocenters. The molecular formula is C17H24ClNO3. The van der Waals surface area contributed by atoms with Crippen LogP contribution in [0.5, 0.6) is 5.75 Å². The molecule has 1 aromatic rings. The van der Waals surface area contributed by atoms with Crippen LogP contribution in [0.1, 0.15) is 44.6 Å². The molecule has 0 spiro atoms. The fourth-order valence-corrected chi connectivity index (χ4v) is 3.30. The van der Waals surface area contributed by atoms with E-state index in [1.165, 1.54) is 18.6 Å². The van der Waals surface area contributed by atoms with Gasteiger partial charge in [0.15, 0.2) is 0 Å². The maximum Gasteiger partial charge on any atom is 0.224 e. The third-order valence-corrected chi connectivity index (χ3v) is 4.87. The molecule has 1 amide bonds. The molecule has 1 atom stereocenters. The summed E-state index contributed by atoms with van der Waals surface area (Å²) in [6.07, 6.45) is 5.72.